The number of anilines is 1. The topological polar surface area (TPSA) is 97.3 Å². The van der Waals surface area contributed by atoms with Gasteiger partial charge in [-0.15, -0.1) is 0 Å². The van der Waals surface area contributed by atoms with Crippen molar-refractivity contribution in [3.63, 3.8) is 0 Å². The number of para-hydroxylation sites is 1. The Hall–Kier alpha value is -3.56. The third-order valence-electron chi connectivity index (χ3n) is 4.54. The fourth-order valence-corrected chi connectivity index (χ4v) is 4.76. The van der Waals surface area contributed by atoms with Crippen molar-refractivity contribution in [3.05, 3.63) is 83.4 Å². The highest BCUT2D eigenvalue weighted by molar-refractivity contribution is 7.92. The van der Waals surface area contributed by atoms with E-state index in [1.54, 1.807) is 54.6 Å². The quantitative estimate of drug-likeness (QED) is 0.420. The maximum atomic E-state index is 13.2. The van der Waals surface area contributed by atoms with Crippen molar-refractivity contribution in [1.29, 1.82) is 0 Å². The van der Waals surface area contributed by atoms with Crippen LogP contribution in [-0.2, 0) is 14.8 Å². The number of carbonyl (C=O) groups is 1. The number of amides is 1. The molecule has 0 fully saturated rings. The summed E-state index contributed by atoms with van der Waals surface area (Å²) in [5.41, 5.74) is 3.21. The zero-order valence-electron chi connectivity index (χ0n) is 16.6. The average Bonchev–Trinajstić information content (AvgIpc) is 3.26. The molecule has 1 aliphatic rings. The van der Waals surface area contributed by atoms with Crippen LogP contribution in [-0.4, -0.2) is 33.9 Å². The van der Waals surface area contributed by atoms with Crippen LogP contribution < -0.4 is 19.2 Å². The molecule has 10 heteroatoms. The van der Waals surface area contributed by atoms with Crippen LogP contribution in [0.5, 0.6) is 11.5 Å². The van der Waals surface area contributed by atoms with Crippen molar-refractivity contribution in [1.82, 2.24) is 5.43 Å². The summed E-state index contributed by atoms with van der Waals surface area (Å²) in [6.45, 7) is -0.361. The van der Waals surface area contributed by atoms with Gasteiger partial charge in [-0.3, -0.25) is 9.10 Å². The molecule has 3 aromatic carbocycles. The summed E-state index contributed by atoms with van der Waals surface area (Å²) in [7, 11) is -4.05. The Kier molecular flexibility index (Phi) is 6.29. The molecule has 0 radical (unpaired) electrons. The van der Waals surface area contributed by atoms with Gasteiger partial charge in [0.1, 0.15) is 6.54 Å². The lowest BCUT2D eigenvalue weighted by atomic mass is 10.2. The van der Waals surface area contributed by atoms with Crippen molar-refractivity contribution in [3.8, 4) is 11.5 Å². The summed E-state index contributed by atoms with van der Waals surface area (Å²) in [5.74, 6) is 0.577. The predicted octanol–water partition coefficient (Wildman–Crippen LogP) is 3.41. The SMILES string of the molecule is O=C(CN(c1ccccc1Cl)S(=O)(=O)c1ccccc1)N/N=C\c1ccc2c(c1)OCO2. The maximum Gasteiger partial charge on any atom is 0.264 e. The standard InChI is InChI=1S/C22H18ClN3O5S/c23-18-8-4-5-9-19(18)26(32(28,29)17-6-2-1-3-7-17)14-22(27)25-24-13-16-10-11-20-21(12-16)31-15-30-20/h1-13H,14-15H2,(H,25,27)/b24-13-. The van der Waals surface area contributed by atoms with Crippen LogP contribution in [0, 0.1) is 0 Å². The highest BCUT2D eigenvalue weighted by Gasteiger charge is 2.28. The highest BCUT2D eigenvalue weighted by atomic mass is 35.5. The molecule has 1 N–H and O–H groups in total. The van der Waals surface area contributed by atoms with E-state index in [0.29, 0.717) is 17.1 Å². The van der Waals surface area contributed by atoms with Crippen LogP contribution in [0.1, 0.15) is 5.56 Å². The second-order valence-electron chi connectivity index (χ2n) is 6.68. The van der Waals surface area contributed by atoms with Crippen molar-refractivity contribution in [2.75, 3.05) is 17.6 Å². The van der Waals surface area contributed by atoms with Crippen molar-refractivity contribution in [2.45, 2.75) is 4.90 Å². The normalized spacial score (nSPS) is 12.7. The molecule has 1 heterocycles. The number of hydrazone groups is 1. The minimum atomic E-state index is -4.05. The van der Waals surface area contributed by atoms with Crippen LogP contribution in [0.3, 0.4) is 0 Å². The molecule has 1 aliphatic heterocycles. The molecular formula is C22H18ClN3O5S. The van der Waals surface area contributed by atoms with E-state index < -0.39 is 22.5 Å². The van der Waals surface area contributed by atoms with E-state index in [1.807, 2.05) is 0 Å². The van der Waals surface area contributed by atoms with E-state index in [2.05, 4.69) is 10.5 Å². The van der Waals surface area contributed by atoms with E-state index in [9.17, 15) is 13.2 Å². The molecule has 0 saturated heterocycles. The van der Waals surface area contributed by atoms with Crippen molar-refractivity contribution < 1.29 is 22.7 Å². The number of sulfonamides is 1. The zero-order chi connectivity index (χ0) is 22.6. The molecule has 3 aromatic rings. The first-order chi connectivity index (χ1) is 15.4. The van der Waals surface area contributed by atoms with Gasteiger partial charge in [-0.1, -0.05) is 41.9 Å². The zero-order valence-corrected chi connectivity index (χ0v) is 18.2. The molecule has 8 nitrogen and oxygen atoms in total. The lowest BCUT2D eigenvalue weighted by Gasteiger charge is -2.24. The summed E-state index contributed by atoms with van der Waals surface area (Å²) in [4.78, 5) is 12.6. The van der Waals surface area contributed by atoms with Gasteiger partial charge in [-0.25, -0.2) is 13.8 Å². The van der Waals surface area contributed by atoms with E-state index in [4.69, 9.17) is 21.1 Å². The first-order valence-corrected chi connectivity index (χ1v) is 11.3. The Balaban J connectivity index is 1.53. The molecule has 0 aromatic heterocycles. The number of rotatable bonds is 7. The summed E-state index contributed by atoms with van der Waals surface area (Å²) in [5, 5.41) is 4.11. The van der Waals surface area contributed by atoms with Crippen molar-refractivity contribution >= 4 is 39.4 Å². The van der Waals surface area contributed by atoms with Gasteiger partial charge in [-0.05, 0) is 48.0 Å². The smallest absolute Gasteiger partial charge is 0.264 e. The van der Waals surface area contributed by atoms with Crippen LogP contribution in [0.15, 0.2) is 82.8 Å². The van der Waals surface area contributed by atoms with Crippen molar-refractivity contribution in [2.24, 2.45) is 5.10 Å². The fourth-order valence-electron chi connectivity index (χ4n) is 3.01. The van der Waals surface area contributed by atoms with Crippen LogP contribution >= 0.6 is 11.6 Å². The maximum absolute atomic E-state index is 13.2. The van der Waals surface area contributed by atoms with Gasteiger partial charge in [0.25, 0.3) is 15.9 Å². The van der Waals surface area contributed by atoms with Crippen LogP contribution in [0.2, 0.25) is 5.02 Å². The van der Waals surface area contributed by atoms with E-state index in [0.717, 1.165) is 4.31 Å². The monoisotopic (exact) mass is 471 g/mol. The molecular weight excluding hydrogens is 454 g/mol. The number of nitrogens with zero attached hydrogens (tertiary/aromatic N) is 2. The predicted molar refractivity (Wildman–Crippen MR) is 121 cm³/mol. The van der Waals surface area contributed by atoms with E-state index >= 15 is 0 Å². The fraction of sp³-hybridized carbons (Fsp3) is 0.0909. The second-order valence-corrected chi connectivity index (χ2v) is 8.95. The Bertz CT molecular complexity index is 1270. The Morgan fingerprint density at radius 3 is 2.53 bits per heavy atom. The Morgan fingerprint density at radius 2 is 1.75 bits per heavy atom. The van der Waals surface area contributed by atoms with Gasteiger partial charge in [-0.2, -0.15) is 5.10 Å². The summed E-state index contributed by atoms with van der Waals surface area (Å²) >= 11 is 6.24. The van der Waals surface area contributed by atoms with Gasteiger partial charge in [0.15, 0.2) is 11.5 Å². The third-order valence-corrected chi connectivity index (χ3v) is 6.63. The van der Waals surface area contributed by atoms with E-state index in [1.165, 1.54) is 24.4 Å². The molecule has 0 bridgehead atoms. The largest absolute Gasteiger partial charge is 0.454 e. The van der Waals surface area contributed by atoms with Crippen LogP contribution in [0.4, 0.5) is 5.69 Å². The Labute approximate surface area is 190 Å². The molecule has 164 valence electrons. The lowest BCUT2D eigenvalue weighted by molar-refractivity contribution is -0.119. The molecule has 0 unspecified atom stereocenters. The number of carbonyl (C=O) groups excluding carboxylic acids is 1. The number of fused-ring (bicyclic) bond motifs is 1. The first-order valence-electron chi connectivity index (χ1n) is 9.49. The molecule has 32 heavy (non-hydrogen) atoms. The van der Waals surface area contributed by atoms with Gasteiger partial charge < -0.3 is 9.47 Å². The van der Waals surface area contributed by atoms with Gasteiger partial charge in [0.05, 0.1) is 21.8 Å². The Morgan fingerprint density at radius 1 is 1.03 bits per heavy atom. The number of hydrogen-bond acceptors (Lipinski definition) is 6. The first kappa shape index (κ1) is 21.7. The summed E-state index contributed by atoms with van der Waals surface area (Å²) < 4.78 is 38.0. The van der Waals surface area contributed by atoms with Gasteiger partial charge in [0, 0.05) is 0 Å². The minimum absolute atomic E-state index is 0.0385. The van der Waals surface area contributed by atoms with Gasteiger partial charge in [0.2, 0.25) is 6.79 Å². The number of ether oxygens (including phenoxy) is 2. The van der Waals surface area contributed by atoms with Crippen LogP contribution in [0.25, 0.3) is 0 Å². The third kappa shape index (κ3) is 4.68. The second kappa shape index (κ2) is 9.29. The average molecular weight is 472 g/mol. The molecule has 0 atom stereocenters. The number of halogens is 1. The number of nitrogens with one attached hydrogen (secondary N) is 1. The van der Waals surface area contributed by atoms with Gasteiger partial charge >= 0.3 is 0 Å². The minimum Gasteiger partial charge on any atom is -0.454 e. The molecule has 4 rings (SSSR count). The highest BCUT2D eigenvalue weighted by Crippen LogP contribution is 2.32. The lowest BCUT2D eigenvalue weighted by Crippen LogP contribution is -2.39. The molecule has 1 amide bonds. The van der Waals surface area contributed by atoms with E-state index in [-0.39, 0.29) is 22.4 Å². The molecule has 0 saturated carbocycles. The summed E-state index contributed by atoms with van der Waals surface area (Å²) in [6, 6.07) is 19.4. The molecule has 0 aliphatic carbocycles. The molecule has 0 spiro atoms. The summed E-state index contributed by atoms with van der Waals surface area (Å²) in [6.07, 6.45) is 1.42. The number of hydrogen-bond donors (Lipinski definition) is 1. The number of benzene rings is 3.